The second kappa shape index (κ2) is 32.7. The lowest BCUT2D eigenvalue weighted by atomic mass is 11.3. The van der Waals surface area contributed by atoms with E-state index in [1.807, 2.05) is 4.72 Å². The van der Waals surface area contributed by atoms with Crippen molar-refractivity contribution in [1.82, 2.24) is 33.0 Å². The molecule has 0 fully saturated rings. The summed E-state index contributed by atoms with van der Waals surface area (Å²) in [5.74, 6) is 0. The third kappa shape index (κ3) is 54.8. The Hall–Kier alpha value is 0.140. The molecule has 6 N–H and O–H groups in total. The largest absolute Gasteiger partial charge is 0.404 e. The molecule has 0 heterocycles. The lowest BCUT2D eigenvalue weighted by Crippen LogP contribution is -2.25. The van der Waals surface area contributed by atoms with Gasteiger partial charge >= 0.3 is 18.1 Å². The third-order valence-electron chi connectivity index (χ3n) is 2.71. The van der Waals surface area contributed by atoms with Crippen molar-refractivity contribution in [2.45, 2.75) is 0 Å². The molecule has 0 aromatic carbocycles. The van der Waals surface area contributed by atoms with Crippen molar-refractivity contribution in [3.63, 3.8) is 0 Å². The van der Waals surface area contributed by atoms with Crippen LogP contribution in [0, 0.1) is 0 Å². The fraction of sp³-hybridized carbons (Fsp3) is 1.00. The average molecular weight is 698 g/mol. The van der Waals surface area contributed by atoms with Crippen LogP contribution in [0.3, 0.4) is 0 Å². The number of hydrogen-bond donors (Lipinski definition) is 6. The van der Waals surface area contributed by atoms with Crippen LogP contribution < -0.4 is 28.7 Å². The highest BCUT2D eigenvalue weighted by atomic mass is 32.2. The fourth-order valence-electron chi connectivity index (χ4n) is 0.606. The van der Waals surface area contributed by atoms with Crippen molar-refractivity contribution in [1.29, 1.82) is 0 Å². The number of sulfonamides is 1. The molecule has 3 atom stereocenters. The monoisotopic (exact) mass is 697 g/mol. The van der Waals surface area contributed by atoms with Crippen molar-refractivity contribution in [3.8, 4) is 0 Å². The van der Waals surface area contributed by atoms with E-state index in [1.54, 1.807) is 45.8 Å². The van der Waals surface area contributed by atoms with Crippen molar-refractivity contribution >= 4 is 61.5 Å². The Morgan fingerprint density at radius 3 is 1.10 bits per heavy atom. The molecule has 0 aliphatic carbocycles. The minimum absolute atomic E-state index is 0.823. The van der Waals surface area contributed by atoms with Crippen molar-refractivity contribution < 1.29 is 51.4 Å². The second-order valence-corrected chi connectivity index (χ2v) is 15.4. The highest BCUT2D eigenvalue weighted by Gasteiger charge is 2.15. The van der Waals surface area contributed by atoms with Crippen molar-refractivity contribution in [2.75, 3.05) is 97.3 Å². The lowest BCUT2D eigenvalue weighted by molar-refractivity contribution is 0.267. The van der Waals surface area contributed by atoms with Crippen LogP contribution >= 0.6 is 7.75 Å². The van der Waals surface area contributed by atoms with Crippen LogP contribution in [0.4, 0.5) is 0 Å². The van der Waals surface area contributed by atoms with Gasteiger partial charge in [-0.3, -0.25) is 8.37 Å². The quantitative estimate of drug-likeness (QED) is 0.119. The molecule has 0 bridgehead atoms. The minimum Gasteiger partial charge on any atom is -0.300 e. The van der Waals surface area contributed by atoms with Crippen molar-refractivity contribution in [2.24, 2.45) is 0 Å². The maximum absolute atomic E-state index is 10.8. The maximum Gasteiger partial charge on any atom is 0.404 e. The minimum atomic E-state index is -3.41. The predicted molar refractivity (Wildman–Crippen MR) is 158 cm³/mol. The highest BCUT2D eigenvalue weighted by Crippen LogP contribution is 2.39. The molecule has 246 valence electrons. The van der Waals surface area contributed by atoms with Gasteiger partial charge < -0.3 is 9.05 Å². The van der Waals surface area contributed by atoms with Gasteiger partial charge in [0, 0.05) is 41.6 Å². The molecule has 0 amide bonds. The fourth-order valence-corrected chi connectivity index (χ4v) is 1.82. The summed E-state index contributed by atoms with van der Waals surface area (Å²) in [7, 11) is 7.54. The van der Waals surface area contributed by atoms with E-state index in [2.05, 4.69) is 41.4 Å². The molecule has 0 saturated carbocycles. The van der Waals surface area contributed by atoms with Crippen LogP contribution in [0.15, 0.2) is 0 Å². The van der Waals surface area contributed by atoms with E-state index in [1.165, 1.54) is 42.5 Å². The van der Waals surface area contributed by atoms with Crippen molar-refractivity contribution in [3.05, 3.63) is 0 Å². The number of rotatable bonds is 11. The van der Waals surface area contributed by atoms with Gasteiger partial charge in [0.1, 0.15) is 0 Å². The van der Waals surface area contributed by atoms with E-state index in [0.717, 1.165) is 13.4 Å². The summed E-state index contributed by atoms with van der Waals surface area (Å²) in [6.07, 6.45) is 2.69. The smallest absolute Gasteiger partial charge is 0.300 e. The van der Waals surface area contributed by atoms with E-state index in [-0.39, 0.29) is 0 Å². The Morgan fingerprint density at radius 2 is 1.10 bits per heavy atom. The number of hydrogen-bond acceptors (Lipinski definition) is 12. The molecule has 0 aliphatic heterocycles. The van der Waals surface area contributed by atoms with Gasteiger partial charge in [0.15, 0.2) is 11.2 Å². The standard InChI is InChI=1S/C3H10N2OS.C3H10NO3P.C2H7NO3S.2C2H7NO2S.C2H7NOS/c1-4-7(6)5(2)3;1-4-8(5,6-2)7-3;1-3-7(4,5)6-2;1-3-6(2,4)5;1-3-6(4)5-2;1-3-5(2)4/h4H,1-3H3;1-3H3,(H,4,5);3H,1-2H3;2*3H,1-2H3;3H,1-2H3. The van der Waals surface area contributed by atoms with E-state index in [9.17, 15) is 34.0 Å². The van der Waals surface area contributed by atoms with E-state index >= 15 is 0 Å². The van der Waals surface area contributed by atoms with Crippen LogP contribution in [-0.2, 0) is 75.7 Å². The van der Waals surface area contributed by atoms with Crippen LogP contribution in [0.25, 0.3) is 0 Å². The zero-order valence-corrected chi connectivity index (χ0v) is 29.8. The molecule has 0 aromatic heterocycles. The SMILES string of the molecule is CNP(=O)(OC)OC.CNS(=O)(=O)OC.CNS(=O)N(C)C.CNS(=O)OC.CNS(C)(=O)=O.CNS(C)=O. The summed E-state index contributed by atoms with van der Waals surface area (Å²) in [6, 6.07) is 0. The normalized spacial score (nSPS) is 13.1. The Balaban J connectivity index is -0.0000000843. The Kier molecular flexibility index (Phi) is 43.4. The van der Waals surface area contributed by atoms with Gasteiger partial charge in [-0.05, 0) is 35.2 Å². The van der Waals surface area contributed by atoms with Gasteiger partial charge in [0.25, 0.3) is 0 Å². The predicted octanol–water partition coefficient (Wildman–Crippen LogP) is -2.85. The molecule has 19 nitrogen and oxygen atoms in total. The average Bonchev–Trinajstić information content (AvgIpc) is 2.92. The van der Waals surface area contributed by atoms with Gasteiger partial charge in [-0.25, -0.2) is 53.9 Å². The zero-order chi connectivity index (χ0) is 32.9. The van der Waals surface area contributed by atoms with Crippen LogP contribution in [0.2, 0.25) is 0 Å². The first kappa shape index (κ1) is 51.8. The first-order chi connectivity index (χ1) is 17.6. The van der Waals surface area contributed by atoms with Gasteiger partial charge in [0.05, 0.1) is 31.5 Å². The molecule has 0 rings (SSSR count). The number of nitrogens with one attached hydrogen (secondary N) is 6. The Morgan fingerprint density at radius 1 is 0.744 bits per heavy atom. The van der Waals surface area contributed by atoms with Crippen LogP contribution in [0.5, 0.6) is 0 Å². The summed E-state index contributed by atoms with van der Waals surface area (Å²) in [5.41, 5.74) is 0. The maximum atomic E-state index is 10.8. The van der Waals surface area contributed by atoms with Gasteiger partial charge in [-0.1, -0.05) is 0 Å². The molecule has 0 spiro atoms. The molecule has 25 heteroatoms. The van der Waals surface area contributed by atoms with E-state index < -0.39 is 61.5 Å². The molecular weight excluding hydrogens is 650 g/mol. The summed E-state index contributed by atoms with van der Waals surface area (Å²) < 4.78 is 111. The lowest BCUT2D eigenvalue weighted by Gasteiger charge is -2.09. The first-order valence-corrected chi connectivity index (χ1v) is 18.4. The Bertz CT molecular complexity index is 845. The van der Waals surface area contributed by atoms with E-state index in [0.29, 0.717) is 0 Å². The molecule has 0 saturated heterocycles. The summed E-state index contributed by atoms with van der Waals surface area (Å²) >= 11 is -2.28. The topological polar surface area (TPSA) is 249 Å². The molecule has 0 radical (unpaired) electrons. The molecule has 0 aliphatic rings. The van der Waals surface area contributed by atoms with Gasteiger partial charge in [0.2, 0.25) is 21.3 Å². The molecule has 0 aromatic rings. The van der Waals surface area contributed by atoms with Gasteiger partial charge in [-0.2, -0.15) is 13.1 Å². The second-order valence-electron chi connectivity index (χ2n) is 5.42. The first-order valence-electron chi connectivity index (χ1n) is 9.82. The van der Waals surface area contributed by atoms with E-state index in [4.69, 9.17) is 0 Å². The van der Waals surface area contributed by atoms with Gasteiger partial charge in [-0.15, -0.1) is 0 Å². The zero-order valence-electron chi connectivity index (χ0n) is 24.8. The number of nitrogens with zero attached hydrogens (tertiary/aromatic N) is 1. The molecule has 3 unspecified atom stereocenters. The third-order valence-corrected chi connectivity index (χ3v) is 8.12. The summed E-state index contributed by atoms with van der Waals surface area (Å²) in [6.45, 7) is 0. The molecule has 39 heavy (non-hydrogen) atoms. The Labute approximate surface area is 242 Å². The summed E-state index contributed by atoms with van der Waals surface area (Å²) in [4.78, 5) is 0. The molecular formula is C14H48N7O12PS5. The highest BCUT2D eigenvalue weighted by molar-refractivity contribution is 7.88. The van der Waals surface area contributed by atoms with Crippen LogP contribution in [-0.4, -0.2) is 131 Å². The van der Waals surface area contributed by atoms with Crippen LogP contribution in [0.1, 0.15) is 0 Å². The summed E-state index contributed by atoms with van der Waals surface area (Å²) in [5, 5.41) is 2.39.